The van der Waals surface area contributed by atoms with Crippen LogP contribution in [0.25, 0.3) is 0 Å². The van der Waals surface area contributed by atoms with Crippen molar-refractivity contribution in [3.8, 4) is 5.75 Å². The van der Waals surface area contributed by atoms with Crippen LogP contribution in [0.3, 0.4) is 0 Å². The van der Waals surface area contributed by atoms with Crippen molar-refractivity contribution in [1.29, 1.82) is 0 Å². The molecule has 5 heteroatoms. The van der Waals surface area contributed by atoms with Gasteiger partial charge < -0.3 is 15.8 Å². The Labute approximate surface area is 112 Å². The molecule has 0 aromatic heterocycles. The first kappa shape index (κ1) is 13.2. The lowest BCUT2D eigenvalue weighted by molar-refractivity contribution is -0.116. The number of nitrogens with one attached hydrogen (secondary N) is 1. The van der Waals surface area contributed by atoms with Crippen LogP contribution in [0.1, 0.15) is 23.1 Å². The molecule has 18 heavy (non-hydrogen) atoms. The van der Waals surface area contributed by atoms with Crippen molar-refractivity contribution in [2.75, 3.05) is 11.9 Å². The summed E-state index contributed by atoms with van der Waals surface area (Å²) in [7, 11) is 0. The molecule has 0 fully saturated rings. The van der Waals surface area contributed by atoms with Gasteiger partial charge in [0, 0.05) is 24.9 Å². The maximum absolute atomic E-state index is 11.4. The van der Waals surface area contributed by atoms with E-state index in [1.165, 1.54) is 5.56 Å². The highest BCUT2D eigenvalue weighted by atomic mass is 35.5. The molecule has 2 aliphatic rings. The van der Waals surface area contributed by atoms with Gasteiger partial charge in [0.1, 0.15) is 11.9 Å². The Hall–Kier alpha value is -1.26. The number of halogens is 1. The summed E-state index contributed by atoms with van der Waals surface area (Å²) in [6.45, 7) is 2.56. The lowest BCUT2D eigenvalue weighted by Gasteiger charge is -2.21. The van der Waals surface area contributed by atoms with Crippen molar-refractivity contribution in [3.63, 3.8) is 0 Å². The first-order valence-electron chi connectivity index (χ1n) is 6.01. The van der Waals surface area contributed by atoms with Crippen LogP contribution in [0.15, 0.2) is 6.07 Å². The molecule has 98 valence electrons. The van der Waals surface area contributed by atoms with E-state index in [0.717, 1.165) is 35.4 Å². The quantitative estimate of drug-likeness (QED) is 0.813. The van der Waals surface area contributed by atoms with Gasteiger partial charge in [0.15, 0.2) is 0 Å². The van der Waals surface area contributed by atoms with E-state index in [4.69, 9.17) is 10.5 Å². The number of carbonyl (C=O) groups is 1. The molecule has 0 saturated heterocycles. The molecular formula is C13H17ClN2O2. The van der Waals surface area contributed by atoms with Crippen LogP contribution >= 0.6 is 12.4 Å². The normalized spacial score (nSPS) is 20.3. The first-order chi connectivity index (χ1) is 8.19. The molecular weight excluding hydrogens is 252 g/mol. The highest BCUT2D eigenvalue weighted by Crippen LogP contribution is 2.41. The molecule has 1 aromatic carbocycles. The Bertz CT molecular complexity index is 502. The molecule has 1 aromatic rings. The van der Waals surface area contributed by atoms with Crippen molar-refractivity contribution >= 4 is 24.0 Å². The van der Waals surface area contributed by atoms with Gasteiger partial charge in [-0.25, -0.2) is 0 Å². The van der Waals surface area contributed by atoms with E-state index < -0.39 is 0 Å². The third-order valence-corrected chi connectivity index (χ3v) is 3.51. The van der Waals surface area contributed by atoms with Gasteiger partial charge in [0.25, 0.3) is 0 Å². The number of hydrogen-bond donors (Lipinski definition) is 2. The fourth-order valence-corrected chi connectivity index (χ4v) is 2.68. The largest absolute Gasteiger partial charge is 0.488 e. The van der Waals surface area contributed by atoms with E-state index in [9.17, 15) is 4.79 Å². The minimum Gasteiger partial charge on any atom is -0.488 e. The van der Waals surface area contributed by atoms with Gasteiger partial charge >= 0.3 is 0 Å². The van der Waals surface area contributed by atoms with Crippen LogP contribution in [0, 0.1) is 6.92 Å². The molecule has 2 aliphatic heterocycles. The van der Waals surface area contributed by atoms with E-state index in [2.05, 4.69) is 11.4 Å². The van der Waals surface area contributed by atoms with Crippen LogP contribution in [0.2, 0.25) is 0 Å². The van der Waals surface area contributed by atoms with E-state index in [1.807, 2.05) is 6.92 Å². The van der Waals surface area contributed by atoms with E-state index >= 15 is 0 Å². The number of ether oxygens (including phenoxy) is 1. The van der Waals surface area contributed by atoms with Gasteiger partial charge in [-0.1, -0.05) is 6.07 Å². The highest BCUT2D eigenvalue weighted by Gasteiger charge is 2.29. The number of fused-ring (bicyclic) bond motifs is 3. The zero-order chi connectivity index (χ0) is 12.0. The molecule has 3 N–H and O–H groups in total. The monoisotopic (exact) mass is 268 g/mol. The third-order valence-electron chi connectivity index (χ3n) is 3.51. The molecule has 4 nitrogen and oxygen atoms in total. The van der Waals surface area contributed by atoms with Crippen LogP contribution in [-0.4, -0.2) is 18.6 Å². The molecule has 1 atom stereocenters. The minimum absolute atomic E-state index is 0. The molecule has 0 spiro atoms. The Morgan fingerprint density at radius 2 is 2.28 bits per heavy atom. The zero-order valence-corrected chi connectivity index (χ0v) is 11.1. The summed E-state index contributed by atoms with van der Waals surface area (Å²) in [6, 6.07) is 2.11. The zero-order valence-electron chi connectivity index (χ0n) is 10.3. The number of anilines is 1. The van der Waals surface area contributed by atoms with Crippen LogP contribution in [0.4, 0.5) is 5.69 Å². The predicted octanol–water partition coefficient (Wildman–Crippen LogP) is 1.56. The second-order valence-electron chi connectivity index (χ2n) is 4.76. The average Bonchev–Trinajstić information content (AvgIpc) is 2.72. The van der Waals surface area contributed by atoms with E-state index in [1.54, 1.807) is 0 Å². The summed E-state index contributed by atoms with van der Waals surface area (Å²) in [6.07, 6.45) is 2.28. The Kier molecular flexibility index (Phi) is 3.50. The van der Waals surface area contributed by atoms with Gasteiger partial charge in [0.05, 0.1) is 5.69 Å². The fourth-order valence-electron chi connectivity index (χ4n) is 2.68. The van der Waals surface area contributed by atoms with Gasteiger partial charge in [-0.15, -0.1) is 12.4 Å². The molecule has 2 heterocycles. The lowest BCUT2D eigenvalue weighted by Crippen LogP contribution is -2.24. The molecule has 3 rings (SSSR count). The summed E-state index contributed by atoms with van der Waals surface area (Å²) in [5.74, 6) is 1.05. The van der Waals surface area contributed by atoms with Gasteiger partial charge in [-0.2, -0.15) is 0 Å². The van der Waals surface area contributed by atoms with E-state index in [0.29, 0.717) is 13.0 Å². The van der Waals surface area contributed by atoms with Crippen LogP contribution in [0.5, 0.6) is 5.75 Å². The molecule has 0 bridgehead atoms. The number of hydrogen-bond acceptors (Lipinski definition) is 3. The summed E-state index contributed by atoms with van der Waals surface area (Å²) in [5.41, 5.74) is 10.1. The number of rotatable bonds is 1. The lowest BCUT2D eigenvalue weighted by atomic mass is 9.94. The Morgan fingerprint density at radius 1 is 1.50 bits per heavy atom. The SMILES string of the molecule is Cc1cc2c(c3c1NC(=O)CC3)OC(CN)C2.Cl. The van der Waals surface area contributed by atoms with Crippen molar-refractivity contribution in [2.45, 2.75) is 32.3 Å². The summed E-state index contributed by atoms with van der Waals surface area (Å²) in [4.78, 5) is 11.4. The molecule has 1 amide bonds. The van der Waals surface area contributed by atoms with Crippen molar-refractivity contribution in [3.05, 3.63) is 22.8 Å². The summed E-state index contributed by atoms with van der Waals surface area (Å²) >= 11 is 0. The van der Waals surface area contributed by atoms with Gasteiger partial charge in [-0.3, -0.25) is 4.79 Å². The summed E-state index contributed by atoms with van der Waals surface area (Å²) < 4.78 is 5.87. The third kappa shape index (κ3) is 1.95. The number of benzene rings is 1. The van der Waals surface area contributed by atoms with Crippen LogP contribution < -0.4 is 15.8 Å². The van der Waals surface area contributed by atoms with Gasteiger partial charge in [0.2, 0.25) is 5.91 Å². The Balaban J connectivity index is 0.00000120. The molecule has 0 radical (unpaired) electrons. The maximum Gasteiger partial charge on any atom is 0.224 e. The highest BCUT2D eigenvalue weighted by molar-refractivity contribution is 5.95. The van der Waals surface area contributed by atoms with Crippen molar-refractivity contribution in [2.24, 2.45) is 5.73 Å². The molecule has 0 aliphatic carbocycles. The second kappa shape index (κ2) is 4.78. The predicted molar refractivity (Wildman–Crippen MR) is 72.6 cm³/mol. The number of carbonyl (C=O) groups excluding carboxylic acids is 1. The van der Waals surface area contributed by atoms with Crippen molar-refractivity contribution in [1.82, 2.24) is 0 Å². The fraction of sp³-hybridized carbons (Fsp3) is 0.462. The smallest absolute Gasteiger partial charge is 0.224 e. The average molecular weight is 269 g/mol. The number of nitrogens with two attached hydrogens (primary N) is 1. The first-order valence-corrected chi connectivity index (χ1v) is 6.01. The molecule has 0 saturated carbocycles. The summed E-state index contributed by atoms with van der Waals surface area (Å²) in [5, 5.41) is 2.94. The Morgan fingerprint density at radius 3 is 3.00 bits per heavy atom. The molecule has 1 unspecified atom stereocenters. The number of amides is 1. The van der Waals surface area contributed by atoms with Crippen LogP contribution in [-0.2, 0) is 17.6 Å². The van der Waals surface area contributed by atoms with Crippen molar-refractivity contribution < 1.29 is 9.53 Å². The number of aryl methyl sites for hydroxylation is 1. The topological polar surface area (TPSA) is 64.3 Å². The maximum atomic E-state index is 11.4. The standard InChI is InChI=1S/C13H16N2O2.ClH/c1-7-4-8-5-9(6-14)17-13(8)10-2-3-11(16)15-12(7)10;/h4,9H,2-3,5-6,14H2,1H3,(H,15,16);1H. The second-order valence-corrected chi connectivity index (χ2v) is 4.76. The minimum atomic E-state index is 0. The van der Waals surface area contributed by atoms with Gasteiger partial charge in [-0.05, 0) is 24.5 Å². The van der Waals surface area contributed by atoms with E-state index in [-0.39, 0.29) is 24.4 Å².